The first-order chi connectivity index (χ1) is 9.94. The summed E-state index contributed by atoms with van der Waals surface area (Å²) in [4.78, 5) is 0. The van der Waals surface area contributed by atoms with Gasteiger partial charge in [0, 0.05) is 18.7 Å². The van der Waals surface area contributed by atoms with Crippen molar-refractivity contribution in [2.24, 2.45) is 0 Å². The second-order valence-corrected chi connectivity index (χ2v) is 6.64. The fourth-order valence-electron chi connectivity index (χ4n) is 2.38. The first kappa shape index (κ1) is 16.4. The van der Waals surface area contributed by atoms with Gasteiger partial charge in [-0.1, -0.05) is 12.1 Å². The summed E-state index contributed by atoms with van der Waals surface area (Å²) >= 11 is 0. The summed E-state index contributed by atoms with van der Waals surface area (Å²) < 4.78 is 25.0. The van der Waals surface area contributed by atoms with Crippen molar-refractivity contribution in [2.45, 2.75) is 51.4 Å². The smallest absolute Gasteiger partial charge is 0.123 e. The highest BCUT2D eigenvalue weighted by molar-refractivity contribution is 5.19. The zero-order valence-electron chi connectivity index (χ0n) is 13.2. The first-order valence-corrected chi connectivity index (χ1v) is 7.68. The third-order valence-electron chi connectivity index (χ3n) is 3.55. The van der Waals surface area contributed by atoms with Crippen molar-refractivity contribution < 1.29 is 13.9 Å². The van der Waals surface area contributed by atoms with Crippen LogP contribution in [0.25, 0.3) is 0 Å². The van der Waals surface area contributed by atoms with E-state index < -0.39 is 0 Å². The fraction of sp³-hybridized carbons (Fsp3) is 0.647. The highest BCUT2D eigenvalue weighted by Gasteiger charge is 2.21. The Morgan fingerprint density at radius 3 is 2.86 bits per heavy atom. The summed E-state index contributed by atoms with van der Waals surface area (Å²) in [7, 11) is 0. The average Bonchev–Trinajstić information content (AvgIpc) is 2.90. The monoisotopic (exact) mass is 295 g/mol. The van der Waals surface area contributed by atoms with Crippen LogP contribution in [0.3, 0.4) is 0 Å². The maximum Gasteiger partial charge on any atom is 0.123 e. The Hall–Kier alpha value is -0.970. The Labute approximate surface area is 126 Å². The van der Waals surface area contributed by atoms with Crippen LogP contribution in [0.2, 0.25) is 0 Å². The standard InChI is InChI=1S/C17H26FNO2/c1-17(2,3)19-11-16(13-6-4-7-14(18)10-13)21-12-15-8-5-9-20-15/h4,6-7,10,15-16,19H,5,8-9,11-12H2,1-3H3. The molecule has 2 rings (SSSR count). The minimum atomic E-state index is -0.228. The second-order valence-electron chi connectivity index (χ2n) is 6.64. The normalized spacial score (nSPS) is 20.7. The van der Waals surface area contributed by atoms with Gasteiger partial charge in [-0.3, -0.25) is 0 Å². The van der Waals surface area contributed by atoms with Crippen molar-refractivity contribution in [1.29, 1.82) is 0 Å². The summed E-state index contributed by atoms with van der Waals surface area (Å²) in [5, 5.41) is 3.43. The lowest BCUT2D eigenvalue weighted by atomic mass is 10.1. The Morgan fingerprint density at radius 1 is 1.43 bits per heavy atom. The Kier molecular flexibility index (Phi) is 5.73. The van der Waals surface area contributed by atoms with Gasteiger partial charge < -0.3 is 14.8 Å². The molecule has 118 valence electrons. The van der Waals surface area contributed by atoms with E-state index in [2.05, 4.69) is 26.1 Å². The highest BCUT2D eigenvalue weighted by Crippen LogP contribution is 2.21. The molecule has 2 atom stereocenters. The molecule has 2 unspecified atom stereocenters. The van der Waals surface area contributed by atoms with Gasteiger partial charge in [-0.25, -0.2) is 4.39 Å². The quantitative estimate of drug-likeness (QED) is 0.872. The van der Waals surface area contributed by atoms with Gasteiger partial charge in [0.15, 0.2) is 0 Å². The van der Waals surface area contributed by atoms with Crippen LogP contribution in [0.4, 0.5) is 4.39 Å². The van der Waals surface area contributed by atoms with Gasteiger partial charge in [0.1, 0.15) is 5.82 Å². The molecule has 4 heteroatoms. The van der Waals surface area contributed by atoms with Gasteiger partial charge in [0.2, 0.25) is 0 Å². The van der Waals surface area contributed by atoms with Crippen molar-refractivity contribution in [3.05, 3.63) is 35.6 Å². The van der Waals surface area contributed by atoms with Crippen molar-refractivity contribution in [2.75, 3.05) is 19.8 Å². The lowest BCUT2D eigenvalue weighted by molar-refractivity contribution is -0.0227. The molecule has 1 aliphatic rings. The molecule has 3 nitrogen and oxygen atoms in total. The van der Waals surface area contributed by atoms with Gasteiger partial charge in [0.05, 0.1) is 18.8 Å². The molecule has 0 radical (unpaired) electrons. The number of hydrogen-bond donors (Lipinski definition) is 1. The molecule has 1 aliphatic heterocycles. The molecule has 1 N–H and O–H groups in total. The summed E-state index contributed by atoms with van der Waals surface area (Å²) in [6.07, 6.45) is 2.15. The number of hydrogen-bond acceptors (Lipinski definition) is 3. The topological polar surface area (TPSA) is 30.5 Å². The van der Waals surface area contributed by atoms with E-state index in [1.807, 2.05) is 6.07 Å². The van der Waals surface area contributed by atoms with Gasteiger partial charge in [0.25, 0.3) is 0 Å². The molecule has 1 aromatic rings. The molecule has 1 saturated heterocycles. The molecule has 1 aromatic carbocycles. The minimum Gasteiger partial charge on any atom is -0.376 e. The largest absolute Gasteiger partial charge is 0.376 e. The van der Waals surface area contributed by atoms with Gasteiger partial charge in [-0.05, 0) is 51.3 Å². The van der Waals surface area contributed by atoms with Crippen LogP contribution in [0.15, 0.2) is 24.3 Å². The van der Waals surface area contributed by atoms with Crippen molar-refractivity contribution in [3.63, 3.8) is 0 Å². The van der Waals surface area contributed by atoms with Crippen molar-refractivity contribution in [1.82, 2.24) is 5.32 Å². The van der Waals surface area contributed by atoms with E-state index in [1.165, 1.54) is 6.07 Å². The van der Waals surface area contributed by atoms with Crippen LogP contribution in [-0.2, 0) is 9.47 Å². The molecule has 0 aromatic heterocycles. The molecule has 0 bridgehead atoms. The van der Waals surface area contributed by atoms with Gasteiger partial charge >= 0.3 is 0 Å². The van der Waals surface area contributed by atoms with E-state index in [4.69, 9.17) is 9.47 Å². The molecule has 0 saturated carbocycles. The van der Waals surface area contributed by atoms with Crippen LogP contribution < -0.4 is 5.32 Å². The number of benzene rings is 1. The molecule has 0 spiro atoms. The maximum absolute atomic E-state index is 13.4. The predicted molar refractivity (Wildman–Crippen MR) is 81.8 cm³/mol. The van der Waals surface area contributed by atoms with E-state index in [9.17, 15) is 4.39 Å². The molecule has 0 aliphatic carbocycles. The van der Waals surface area contributed by atoms with E-state index in [-0.39, 0.29) is 23.6 Å². The molecular formula is C17H26FNO2. The Balaban J connectivity index is 1.98. The van der Waals surface area contributed by atoms with E-state index in [1.54, 1.807) is 12.1 Å². The number of rotatable bonds is 6. The molecule has 1 heterocycles. The third kappa shape index (κ3) is 5.73. The fourth-order valence-corrected chi connectivity index (χ4v) is 2.38. The average molecular weight is 295 g/mol. The lowest BCUT2D eigenvalue weighted by Crippen LogP contribution is -2.39. The van der Waals surface area contributed by atoms with Gasteiger partial charge in [-0.2, -0.15) is 0 Å². The zero-order valence-corrected chi connectivity index (χ0v) is 13.2. The molecule has 21 heavy (non-hydrogen) atoms. The SMILES string of the molecule is CC(C)(C)NCC(OCC1CCCO1)c1cccc(F)c1. The van der Waals surface area contributed by atoms with Crippen LogP contribution in [0, 0.1) is 5.82 Å². The van der Waals surface area contributed by atoms with E-state index >= 15 is 0 Å². The minimum absolute atomic E-state index is 0.00120. The number of halogens is 1. The van der Waals surface area contributed by atoms with E-state index in [0.29, 0.717) is 13.2 Å². The third-order valence-corrected chi connectivity index (χ3v) is 3.55. The summed E-state index contributed by atoms with van der Waals surface area (Å²) in [6.45, 7) is 8.35. The zero-order chi connectivity index (χ0) is 15.3. The molecule has 0 amide bonds. The highest BCUT2D eigenvalue weighted by atomic mass is 19.1. The molecule has 1 fully saturated rings. The predicted octanol–water partition coefficient (Wildman–Crippen LogP) is 3.45. The van der Waals surface area contributed by atoms with Crippen molar-refractivity contribution >= 4 is 0 Å². The van der Waals surface area contributed by atoms with Crippen LogP contribution >= 0.6 is 0 Å². The second kappa shape index (κ2) is 7.34. The number of nitrogens with one attached hydrogen (secondary N) is 1. The van der Waals surface area contributed by atoms with E-state index in [0.717, 1.165) is 25.0 Å². The Morgan fingerprint density at radius 2 is 2.24 bits per heavy atom. The summed E-state index contributed by atoms with van der Waals surface area (Å²) in [6, 6.07) is 6.64. The van der Waals surface area contributed by atoms with Crippen LogP contribution in [0.5, 0.6) is 0 Å². The lowest BCUT2D eigenvalue weighted by Gasteiger charge is -2.26. The van der Waals surface area contributed by atoms with Crippen molar-refractivity contribution in [3.8, 4) is 0 Å². The Bertz CT molecular complexity index is 439. The first-order valence-electron chi connectivity index (χ1n) is 7.68. The maximum atomic E-state index is 13.4. The molecular weight excluding hydrogens is 269 g/mol. The summed E-state index contributed by atoms with van der Waals surface area (Å²) in [5.41, 5.74) is 0.864. The van der Waals surface area contributed by atoms with Gasteiger partial charge in [-0.15, -0.1) is 0 Å². The summed E-state index contributed by atoms with van der Waals surface area (Å²) in [5.74, 6) is -0.228. The number of ether oxygens (including phenoxy) is 2. The van der Waals surface area contributed by atoms with Crippen LogP contribution in [-0.4, -0.2) is 31.4 Å². The van der Waals surface area contributed by atoms with Crippen LogP contribution in [0.1, 0.15) is 45.3 Å².